The highest BCUT2D eigenvalue weighted by Gasteiger charge is 2.26. The smallest absolute Gasteiger partial charge is 0.309 e. The third-order valence-corrected chi connectivity index (χ3v) is 5.59. The summed E-state index contributed by atoms with van der Waals surface area (Å²) in [4.78, 5) is 35.3. The van der Waals surface area contributed by atoms with Gasteiger partial charge < -0.3 is 19.0 Å². The van der Waals surface area contributed by atoms with E-state index in [1.807, 2.05) is 13.8 Å². The molecule has 0 saturated heterocycles. The number of rotatable bonds is 12. The zero-order chi connectivity index (χ0) is 24.6. The lowest BCUT2D eigenvalue weighted by Gasteiger charge is -2.20. The average molecular weight is 459 g/mol. The first-order valence-corrected chi connectivity index (χ1v) is 11.2. The van der Waals surface area contributed by atoms with Crippen LogP contribution in [-0.4, -0.2) is 22.8 Å². The fourth-order valence-corrected chi connectivity index (χ4v) is 3.31. The summed E-state index contributed by atoms with van der Waals surface area (Å²) in [5.74, 6) is 0.863. The molecule has 7 heteroatoms. The van der Waals surface area contributed by atoms with Gasteiger partial charge in [-0.05, 0) is 57.1 Å². The summed E-state index contributed by atoms with van der Waals surface area (Å²) < 4.78 is 11.5. The first-order chi connectivity index (χ1) is 15.4. The van der Waals surface area contributed by atoms with Crippen LogP contribution in [0.3, 0.4) is 0 Å². The van der Waals surface area contributed by atoms with Crippen molar-refractivity contribution in [3.8, 4) is 0 Å². The van der Waals surface area contributed by atoms with Gasteiger partial charge in [0.1, 0.15) is 23.0 Å². The summed E-state index contributed by atoms with van der Waals surface area (Å²) in [6.07, 6.45) is 6.79. The third kappa shape index (κ3) is 8.85. The fraction of sp³-hybridized carbons (Fsp3) is 0.500. The van der Waals surface area contributed by atoms with Crippen LogP contribution in [0.15, 0.2) is 42.7 Å². The molecular formula is C26H34O7. The Kier molecular flexibility index (Phi) is 8.99. The van der Waals surface area contributed by atoms with E-state index in [9.17, 15) is 24.6 Å². The summed E-state index contributed by atoms with van der Waals surface area (Å²) in [6, 6.07) is 5.58. The van der Waals surface area contributed by atoms with Crippen molar-refractivity contribution >= 4 is 18.1 Å². The Balaban J connectivity index is 2.08. The molecule has 0 atom stereocenters. The Labute approximate surface area is 193 Å². The van der Waals surface area contributed by atoms with Crippen LogP contribution in [0.5, 0.6) is 0 Å². The molecule has 2 aromatic rings. The number of aryl methyl sites for hydroxylation is 2. The molecule has 2 heterocycles. The van der Waals surface area contributed by atoms with Gasteiger partial charge in [-0.1, -0.05) is 13.8 Å². The highest BCUT2D eigenvalue weighted by atomic mass is 16.4. The minimum atomic E-state index is -0.860. The molecular weight excluding hydrogens is 424 g/mol. The topological polar surface area (TPSA) is 118 Å². The first kappa shape index (κ1) is 26.3. The molecule has 0 unspecified atom stereocenters. The molecule has 0 aliphatic heterocycles. The second kappa shape index (κ2) is 11.3. The molecule has 0 aromatic carbocycles. The van der Waals surface area contributed by atoms with E-state index < -0.39 is 11.4 Å². The van der Waals surface area contributed by atoms with E-state index in [0.717, 1.165) is 12.8 Å². The van der Waals surface area contributed by atoms with E-state index in [-0.39, 0.29) is 22.9 Å². The van der Waals surface area contributed by atoms with Gasteiger partial charge in [0.25, 0.3) is 0 Å². The monoisotopic (exact) mass is 458 g/mol. The zero-order valence-corrected chi connectivity index (χ0v) is 19.8. The Morgan fingerprint density at radius 1 is 0.848 bits per heavy atom. The van der Waals surface area contributed by atoms with E-state index in [1.54, 1.807) is 26.0 Å². The Morgan fingerprint density at radius 3 is 1.73 bits per heavy atom. The van der Waals surface area contributed by atoms with Gasteiger partial charge in [-0.2, -0.15) is 0 Å². The van der Waals surface area contributed by atoms with E-state index in [2.05, 4.69) is 0 Å². The van der Waals surface area contributed by atoms with Gasteiger partial charge in [-0.15, -0.1) is 0 Å². The average Bonchev–Trinajstić information content (AvgIpc) is 2.71. The number of carboxylic acid groups (broad SMARTS) is 1. The van der Waals surface area contributed by atoms with Gasteiger partial charge in [0, 0.05) is 43.7 Å². The van der Waals surface area contributed by atoms with Crippen LogP contribution < -0.4 is 10.9 Å². The lowest BCUT2D eigenvalue weighted by atomic mass is 9.87. The number of carboxylic acids is 1. The second-order valence-electron chi connectivity index (χ2n) is 9.88. The molecule has 7 nitrogen and oxygen atoms in total. The van der Waals surface area contributed by atoms with E-state index in [0.29, 0.717) is 48.7 Å². The SMILES string of the molecule is CC(C)(CO)CCCc1cc(=O)cc(/C=C\c2cc(=O)cc(CCCC(C)(C)C(=O)O)o2)o1. The highest BCUT2D eigenvalue weighted by Crippen LogP contribution is 2.24. The quantitative estimate of drug-likeness (QED) is 0.479. The lowest BCUT2D eigenvalue weighted by molar-refractivity contribution is -0.147. The van der Waals surface area contributed by atoms with Gasteiger partial charge in [0.2, 0.25) is 0 Å². The minimum Gasteiger partial charge on any atom is -0.481 e. The maximum absolute atomic E-state index is 12.0. The Morgan fingerprint density at radius 2 is 1.30 bits per heavy atom. The van der Waals surface area contributed by atoms with Crippen molar-refractivity contribution in [2.24, 2.45) is 10.8 Å². The van der Waals surface area contributed by atoms with E-state index >= 15 is 0 Å². The van der Waals surface area contributed by atoms with Gasteiger partial charge in [-0.25, -0.2) is 0 Å². The predicted molar refractivity (Wildman–Crippen MR) is 127 cm³/mol. The van der Waals surface area contributed by atoms with Crippen LogP contribution in [0.1, 0.15) is 76.4 Å². The van der Waals surface area contributed by atoms with E-state index in [4.69, 9.17) is 8.83 Å². The van der Waals surface area contributed by atoms with Crippen molar-refractivity contribution in [2.45, 2.75) is 66.2 Å². The summed E-state index contributed by atoms with van der Waals surface area (Å²) >= 11 is 0. The normalized spacial score (nSPS) is 12.4. The molecule has 0 aliphatic rings. The van der Waals surface area contributed by atoms with Crippen LogP contribution in [0.2, 0.25) is 0 Å². The van der Waals surface area contributed by atoms with Gasteiger partial charge >= 0.3 is 5.97 Å². The fourth-order valence-electron chi connectivity index (χ4n) is 3.31. The maximum Gasteiger partial charge on any atom is 0.309 e. The van der Waals surface area contributed by atoms with Crippen LogP contribution in [0, 0.1) is 10.8 Å². The maximum atomic E-state index is 12.0. The molecule has 0 amide bonds. The molecule has 2 rings (SSSR count). The molecule has 0 aliphatic carbocycles. The van der Waals surface area contributed by atoms with Crippen LogP contribution >= 0.6 is 0 Å². The van der Waals surface area contributed by atoms with Crippen molar-refractivity contribution in [1.29, 1.82) is 0 Å². The number of hydrogen-bond acceptors (Lipinski definition) is 6. The van der Waals surface area contributed by atoms with Crippen molar-refractivity contribution in [3.63, 3.8) is 0 Å². The Hall–Kier alpha value is -2.93. The molecule has 2 N–H and O–H groups in total. The predicted octanol–water partition coefficient (Wildman–Crippen LogP) is 4.54. The summed E-state index contributed by atoms with van der Waals surface area (Å²) in [5.41, 5.74) is -1.40. The summed E-state index contributed by atoms with van der Waals surface area (Å²) in [6.45, 7) is 7.40. The highest BCUT2D eigenvalue weighted by molar-refractivity contribution is 5.73. The molecule has 0 bridgehead atoms. The summed E-state index contributed by atoms with van der Waals surface area (Å²) in [5, 5.41) is 18.6. The van der Waals surface area contributed by atoms with Gasteiger partial charge in [-0.3, -0.25) is 14.4 Å². The molecule has 0 spiro atoms. The number of aliphatic carboxylic acids is 1. The van der Waals surface area contributed by atoms with Crippen LogP contribution in [0.4, 0.5) is 0 Å². The molecule has 0 radical (unpaired) electrons. The van der Waals surface area contributed by atoms with Crippen molar-refractivity contribution < 1.29 is 23.8 Å². The van der Waals surface area contributed by atoms with Gasteiger partial charge in [0.05, 0.1) is 5.41 Å². The van der Waals surface area contributed by atoms with Crippen molar-refractivity contribution in [3.05, 3.63) is 67.8 Å². The molecule has 33 heavy (non-hydrogen) atoms. The zero-order valence-electron chi connectivity index (χ0n) is 19.8. The molecule has 2 aromatic heterocycles. The third-order valence-electron chi connectivity index (χ3n) is 5.59. The number of aliphatic hydroxyl groups excluding tert-OH is 1. The van der Waals surface area contributed by atoms with Crippen LogP contribution in [0.25, 0.3) is 12.2 Å². The number of hydrogen-bond donors (Lipinski definition) is 2. The van der Waals surface area contributed by atoms with Crippen molar-refractivity contribution in [1.82, 2.24) is 0 Å². The van der Waals surface area contributed by atoms with Crippen molar-refractivity contribution in [2.75, 3.05) is 6.61 Å². The second-order valence-corrected chi connectivity index (χ2v) is 9.88. The lowest BCUT2D eigenvalue weighted by Crippen LogP contribution is -2.23. The standard InChI is InChI=1S/C26H34O7/c1-25(2,17-27)11-5-7-20-13-18(28)15-22(32-20)9-10-23-16-19(29)14-21(33-23)8-6-12-26(3,4)24(30)31/h9-10,13-16,27H,5-8,11-12,17H2,1-4H3,(H,30,31)/b10-9-. The molecule has 0 fully saturated rings. The van der Waals surface area contributed by atoms with E-state index in [1.165, 1.54) is 24.3 Å². The largest absolute Gasteiger partial charge is 0.481 e. The number of carbonyl (C=O) groups is 1. The minimum absolute atomic E-state index is 0.0985. The van der Waals surface area contributed by atoms with Gasteiger partial charge in [0.15, 0.2) is 10.9 Å². The Bertz CT molecular complexity index is 1090. The molecule has 180 valence electrons. The summed E-state index contributed by atoms with van der Waals surface area (Å²) in [7, 11) is 0. The molecule has 0 saturated carbocycles. The first-order valence-electron chi connectivity index (χ1n) is 11.2. The van der Waals surface area contributed by atoms with Crippen LogP contribution in [-0.2, 0) is 17.6 Å². The number of aliphatic hydroxyl groups is 1.